The molecule has 0 radical (unpaired) electrons. The van der Waals surface area contributed by atoms with Crippen molar-refractivity contribution in [3.05, 3.63) is 78.9 Å². The van der Waals surface area contributed by atoms with Crippen LogP contribution in [0.5, 0.6) is 0 Å². The van der Waals surface area contributed by atoms with Crippen LogP contribution in [0.4, 0.5) is 5.82 Å². The van der Waals surface area contributed by atoms with E-state index in [-0.39, 0.29) is 5.91 Å². The number of carbonyl (C=O) groups excluding carboxylic acids is 1. The van der Waals surface area contributed by atoms with Crippen LogP contribution < -0.4 is 4.90 Å². The number of aromatic nitrogens is 6. The number of carbonyl (C=O) groups is 1. The van der Waals surface area contributed by atoms with Gasteiger partial charge in [-0.2, -0.15) is 10.2 Å². The minimum absolute atomic E-state index is 0.0313. The summed E-state index contributed by atoms with van der Waals surface area (Å²) in [5, 5.41) is 17.0. The summed E-state index contributed by atoms with van der Waals surface area (Å²) in [6, 6.07) is 15.1. The molecule has 1 aliphatic rings. The maximum absolute atomic E-state index is 13.0. The lowest BCUT2D eigenvalue weighted by atomic mass is 10.1. The summed E-state index contributed by atoms with van der Waals surface area (Å²) in [6.07, 6.45) is 7.12. The van der Waals surface area contributed by atoms with Gasteiger partial charge in [0.1, 0.15) is 0 Å². The van der Waals surface area contributed by atoms with Crippen molar-refractivity contribution >= 4 is 11.7 Å². The molecule has 4 heterocycles. The van der Waals surface area contributed by atoms with Gasteiger partial charge in [-0.15, -0.1) is 10.2 Å². The summed E-state index contributed by atoms with van der Waals surface area (Å²) in [5.74, 6) is 1.51. The molecule has 0 spiro atoms. The summed E-state index contributed by atoms with van der Waals surface area (Å²) in [4.78, 5) is 17.0. The van der Waals surface area contributed by atoms with Crippen molar-refractivity contribution in [1.29, 1.82) is 0 Å². The van der Waals surface area contributed by atoms with Crippen molar-refractivity contribution in [3.63, 3.8) is 0 Å². The Morgan fingerprint density at radius 2 is 1.47 bits per heavy atom. The third kappa shape index (κ3) is 3.52. The number of hydrogen-bond donors (Lipinski definition) is 0. The first kappa shape index (κ1) is 18.0. The van der Waals surface area contributed by atoms with Crippen molar-refractivity contribution in [3.8, 4) is 11.5 Å². The molecule has 1 saturated heterocycles. The fourth-order valence-corrected chi connectivity index (χ4v) is 3.54. The lowest BCUT2D eigenvalue weighted by Gasteiger charge is -2.35. The van der Waals surface area contributed by atoms with E-state index in [0.717, 1.165) is 11.5 Å². The van der Waals surface area contributed by atoms with Crippen LogP contribution in [0.15, 0.2) is 73.3 Å². The fraction of sp³-hybridized carbons (Fsp3) is 0.190. The lowest BCUT2D eigenvalue weighted by Crippen LogP contribution is -2.49. The Morgan fingerprint density at radius 3 is 2.13 bits per heavy atom. The number of rotatable bonds is 4. The van der Waals surface area contributed by atoms with Crippen molar-refractivity contribution in [2.24, 2.45) is 0 Å². The Hall–Kier alpha value is -4.01. The number of hydrogen-bond acceptors (Lipinski definition) is 6. The van der Waals surface area contributed by atoms with Crippen LogP contribution in [0.3, 0.4) is 0 Å². The molecule has 1 amide bonds. The van der Waals surface area contributed by atoms with E-state index >= 15 is 0 Å². The monoisotopic (exact) mass is 400 g/mol. The average molecular weight is 400 g/mol. The highest BCUT2D eigenvalue weighted by molar-refractivity contribution is 5.95. The van der Waals surface area contributed by atoms with Crippen LogP contribution in [0.25, 0.3) is 11.5 Å². The number of amides is 1. The SMILES string of the molecule is O=C(c1cccc(-n2cccn2)c1)N1CCN(c2ccc(-n3cccn3)nn2)CC1. The van der Waals surface area contributed by atoms with Crippen LogP contribution in [-0.4, -0.2) is 66.7 Å². The smallest absolute Gasteiger partial charge is 0.254 e. The van der Waals surface area contributed by atoms with Gasteiger partial charge in [0, 0.05) is 56.5 Å². The fourth-order valence-electron chi connectivity index (χ4n) is 3.54. The molecule has 0 atom stereocenters. The molecule has 0 unspecified atom stereocenters. The third-order valence-electron chi connectivity index (χ3n) is 5.13. The normalized spacial score (nSPS) is 14.1. The summed E-state index contributed by atoms with van der Waals surface area (Å²) in [7, 11) is 0. The minimum atomic E-state index is 0.0313. The van der Waals surface area contributed by atoms with Gasteiger partial charge in [0.25, 0.3) is 5.91 Å². The van der Waals surface area contributed by atoms with Gasteiger partial charge in [-0.3, -0.25) is 4.79 Å². The topological polar surface area (TPSA) is 85.0 Å². The third-order valence-corrected chi connectivity index (χ3v) is 5.13. The summed E-state index contributed by atoms with van der Waals surface area (Å²) >= 11 is 0. The van der Waals surface area contributed by atoms with Crippen molar-refractivity contribution < 1.29 is 4.79 Å². The minimum Gasteiger partial charge on any atom is -0.352 e. The molecule has 1 fully saturated rings. The quantitative estimate of drug-likeness (QED) is 0.519. The van der Waals surface area contributed by atoms with E-state index in [1.54, 1.807) is 21.8 Å². The summed E-state index contributed by atoms with van der Waals surface area (Å²) in [6.45, 7) is 2.68. The largest absolute Gasteiger partial charge is 0.352 e. The molecule has 0 bridgehead atoms. The van der Waals surface area contributed by atoms with Gasteiger partial charge >= 0.3 is 0 Å². The first-order valence-corrected chi connectivity index (χ1v) is 9.76. The molecule has 1 aromatic carbocycles. The number of piperazine rings is 1. The van der Waals surface area contributed by atoms with E-state index in [1.807, 2.05) is 65.8 Å². The second kappa shape index (κ2) is 7.78. The Labute approximate surface area is 173 Å². The Kier molecular flexibility index (Phi) is 4.68. The molecular formula is C21H20N8O. The van der Waals surface area contributed by atoms with Gasteiger partial charge in [0.15, 0.2) is 11.6 Å². The van der Waals surface area contributed by atoms with Gasteiger partial charge in [-0.25, -0.2) is 9.36 Å². The highest BCUT2D eigenvalue weighted by Crippen LogP contribution is 2.17. The molecule has 0 N–H and O–H groups in total. The van der Waals surface area contributed by atoms with Gasteiger partial charge in [0.05, 0.1) is 5.69 Å². The van der Waals surface area contributed by atoms with Crippen molar-refractivity contribution in [1.82, 2.24) is 34.7 Å². The van der Waals surface area contributed by atoms with Crippen LogP contribution in [0.2, 0.25) is 0 Å². The molecule has 4 aromatic rings. The van der Waals surface area contributed by atoms with Gasteiger partial charge < -0.3 is 9.80 Å². The van der Waals surface area contributed by atoms with Crippen LogP contribution in [0.1, 0.15) is 10.4 Å². The Bertz CT molecular complexity index is 1110. The van der Waals surface area contributed by atoms with E-state index in [9.17, 15) is 4.79 Å². The maximum atomic E-state index is 13.0. The van der Waals surface area contributed by atoms with Gasteiger partial charge in [0.2, 0.25) is 0 Å². The number of nitrogens with zero attached hydrogens (tertiary/aromatic N) is 8. The standard InChI is InChI=1S/C21H20N8O/c30-21(17-4-1-5-18(16-17)28-10-2-8-22-28)27-14-12-26(13-15-27)19-6-7-20(25-24-19)29-11-3-9-23-29/h1-11,16H,12-15H2. The van der Waals surface area contributed by atoms with Crippen LogP contribution in [0, 0.1) is 0 Å². The van der Waals surface area contributed by atoms with Crippen LogP contribution >= 0.6 is 0 Å². The second-order valence-corrected chi connectivity index (χ2v) is 6.98. The maximum Gasteiger partial charge on any atom is 0.254 e. The highest BCUT2D eigenvalue weighted by Gasteiger charge is 2.23. The van der Waals surface area contributed by atoms with Gasteiger partial charge in [-0.1, -0.05) is 6.07 Å². The van der Waals surface area contributed by atoms with Crippen molar-refractivity contribution in [2.75, 3.05) is 31.1 Å². The zero-order valence-electron chi connectivity index (χ0n) is 16.2. The second-order valence-electron chi connectivity index (χ2n) is 6.98. The predicted molar refractivity (Wildman–Crippen MR) is 111 cm³/mol. The molecule has 30 heavy (non-hydrogen) atoms. The molecule has 150 valence electrons. The van der Waals surface area contributed by atoms with Gasteiger partial charge in [-0.05, 0) is 42.5 Å². The van der Waals surface area contributed by atoms with E-state index in [0.29, 0.717) is 37.6 Å². The molecule has 9 heteroatoms. The Balaban J connectivity index is 1.24. The predicted octanol–water partition coefficient (Wildman–Crippen LogP) is 1.81. The van der Waals surface area contributed by atoms with E-state index in [4.69, 9.17) is 0 Å². The van der Waals surface area contributed by atoms with E-state index in [1.165, 1.54) is 0 Å². The molecule has 0 saturated carbocycles. The highest BCUT2D eigenvalue weighted by atomic mass is 16.2. The zero-order chi connectivity index (χ0) is 20.3. The zero-order valence-corrected chi connectivity index (χ0v) is 16.2. The molecular weight excluding hydrogens is 380 g/mol. The van der Waals surface area contributed by atoms with Crippen molar-refractivity contribution in [2.45, 2.75) is 0 Å². The average Bonchev–Trinajstić information content (AvgIpc) is 3.54. The molecule has 5 rings (SSSR count). The van der Waals surface area contributed by atoms with E-state index in [2.05, 4.69) is 25.3 Å². The summed E-state index contributed by atoms with van der Waals surface area (Å²) < 4.78 is 3.42. The number of anilines is 1. The van der Waals surface area contributed by atoms with E-state index < -0.39 is 0 Å². The van der Waals surface area contributed by atoms with Crippen LogP contribution in [-0.2, 0) is 0 Å². The molecule has 3 aromatic heterocycles. The lowest BCUT2D eigenvalue weighted by molar-refractivity contribution is 0.0746. The number of benzene rings is 1. The molecule has 9 nitrogen and oxygen atoms in total. The summed E-state index contributed by atoms with van der Waals surface area (Å²) in [5.41, 5.74) is 1.54. The molecule has 1 aliphatic heterocycles. The first-order valence-electron chi connectivity index (χ1n) is 9.76. The Morgan fingerprint density at radius 1 is 0.767 bits per heavy atom. The molecule has 0 aliphatic carbocycles. The first-order chi connectivity index (χ1) is 14.8.